The van der Waals surface area contributed by atoms with Crippen LogP contribution in [0.5, 0.6) is 0 Å². The third kappa shape index (κ3) is 2.76. The molecule has 8 heteroatoms. The topological polar surface area (TPSA) is 39.7 Å². The van der Waals surface area contributed by atoms with E-state index in [-0.39, 0.29) is 18.0 Å². The van der Waals surface area contributed by atoms with Gasteiger partial charge in [-0.3, -0.25) is 9.69 Å². The van der Waals surface area contributed by atoms with Crippen LogP contribution in [0, 0.1) is 0 Å². The van der Waals surface area contributed by atoms with Crippen molar-refractivity contribution in [3.63, 3.8) is 0 Å². The molecule has 1 atom stereocenters. The van der Waals surface area contributed by atoms with Gasteiger partial charge in [0, 0.05) is 37.9 Å². The van der Waals surface area contributed by atoms with Gasteiger partial charge in [0.05, 0.1) is 11.3 Å². The van der Waals surface area contributed by atoms with Crippen LogP contribution in [0.25, 0.3) is 0 Å². The van der Waals surface area contributed by atoms with Crippen LogP contribution < -0.4 is 9.80 Å². The Hall–Kier alpha value is -1.83. The number of fused-ring (bicyclic) bond motifs is 3. The summed E-state index contributed by atoms with van der Waals surface area (Å²) in [6, 6.07) is 1.05. The molecule has 0 radical (unpaired) electrons. The van der Waals surface area contributed by atoms with Crippen LogP contribution in [-0.2, 0) is 11.0 Å². The zero-order valence-corrected chi connectivity index (χ0v) is 14.3. The first-order chi connectivity index (χ1) is 11.8. The highest BCUT2D eigenvalue weighted by atomic mass is 19.4. The minimum Gasteiger partial charge on any atom is -0.340 e. The molecule has 1 saturated carbocycles. The van der Waals surface area contributed by atoms with Gasteiger partial charge in [0.25, 0.3) is 5.91 Å². The summed E-state index contributed by atoms with van der Waals surface area (Å²) in [5.74, 6) is 0.411. The highest BCUT2D eigenvalue weighted by molar-refractivity contribution is 6.06. The van der Waals surface area contributed by atoms with E-state index in [2.05, 4.69) is 23.7 Å². The maximum atomic E-state index is 13.1. The molecular weight excluding hydrogens is 333 g/mol. The first-order valence-corrected chi connectivity index (χ1v) is 8.68. The molecule has 3 heterocycles. The lowest BCUT2D eigenvalue weighted by Gasteiger charge is -2.48. The molecule has 1 saturated heterocycles. The Morgan fingerprint density at radius 3 is 2.56 bits per heavy atom. The molecule has 0 N–H and O–H groups in total. The summed E-state index contributed by atoms with van der Waals surface area (Å²) >= 11 is 0. The van der Waals surface area contributed by atoms with Gasteiger partial charge in [-0.25, -0.2) is 4.98 Å². The second-order valence-electron chi connectivity index (χ2n) is 7.30. The summed E-state index contributed by atoms with van der Waals surface area (Å²) in [5.41, 5.74) is -0.486. The standard InChI is InChI=1S/C17H21F3N4O/c1-10(2)22-5-6-23-14(9-22)16(25)24(12-3-4-12)13-7-11(17(18,19)20)8-21-15(13)23/h7-8,10,12,14H,3-6,9H2,1-2H3/t14-/m0/s1. The molecule has 4 rings (SSSR count). The number of carbonyl (C=O) groups is 1. The van der Waals surface area contributed by atoms with Crippen LogP contribution in [-0.4, -0.2) is 53.6 Å². The molecule has 1 aromatic heterocycles. The first kappa shape index (κ1) is 16.6. The Bertz CT molecular complexity index is 702. The molecule has 0 bridgehead atoms. The number of hydrogen-bond donors (Lipinski definition) is 0. The fraction of sp³-hybridized carbons (Fsp3) is 0.647. The van der Waals surface area contributed by atoms with Crippen LogP contribution in [0.2, 0.25) is 0 Å². The number of alkyl halides is 3. The molecule has 25 heavy (non-hydrogen) atoms. The van der Waals surface area contributed by atoms with Gasteiger partial charge in [-0.15, -0.1) is 0 Å². The zero-order chi connectivity index (χ0) is 17.9. The van der Waals surface area contributed by atoms with E-state index in [1.807, 2.05) is 4.90 Å². The van der Waals surface area contributed by atoms with Crippen LogP contribution >= 0.6 is 0 Å². The largest absolute Gasteiger partial charge is 0.417 e. The summed E-state index contributed by atoms with van der Waals surface area (Å²) in [6.45, 7) is 6.13. The Labute approximate surface area is 144 Å². The summed E-state index contributed by atoms with van der Waals surface area (Å²) in [6.07, 6.45) is -1.91. The second-order valence-corrected chi connectivity index (χ2v) is 7.30. The molecule has 1 aromatic rings. The van der Waals surface area contributed by atoms with Crippen LogP contribution in [0.15, 0.2) is 12.3 Å². The number of rotatable bonds is 2. The predicted octanol–water partition coefficient (Wildman–Crippen LogP) is 2.51. The Balaban J connectivity index is 1.76. The van der Waals surface area contributed by atoms with Gasteiger partial charge in [-0.05, 0) is 32.8 Å². The Morgan fingerprint density at radius 2 is 1.96 bits per heavy atom. The summed E-state index contributed by atoms with van der Waals surface area (Å²) in [5, 5.41) is 0. The van der Waals surface area contributed by atoms with Gasteiger partial charge in [-0.2, -0.15) is 13.2 Å². The summed E-state index contributed by atoms with van der Waals surface area (Å²) < 4.78 is 39.3. The van der Waals surface area contributed by atoms with Gasteiger partial charge in [0.2, 0.25) is 0 Å². The molecule has 136 valence electrons. The van der Waals surface area contributed by atoms with Crippen molar-refractivity contribution >= 4 is 17.4 Å². The normalized spacial score (nSPS) is 24.6. The van der Waals surface area contributed by atoms with Gasteiger partial charge in [0.1, 0.15) is 6.04 Å². The molecule has 1 amide bonds. The van der Waals surface area contributed by atoms with E-state index in [9.17, 15) is 18.0 Å². The van der Waals surface area contributed by atoms with Crippen molar-refractivity contribution in [1.29, 1.82) is 0 Å². The molecule has 2 fully saturated rings. The number of piperazine rings is 1. The minimum absolute atomic E-state index is 0.00751. The lowest BCUT2D eigenvalue weighted by Crippen LogP contribution is -2.64. The van der Waals surface area contributed by atoms with E-state index >= 15 is 0 Å². The van der Waals surface area contributed by atoms with Crippen molar-refractivity contribution in [3.8, 4) is 0 Å². The quantitative estimate of drug-likeness (QED) is 0.818. The number of amides is 1. The Morgan fingerprint density at radius 1 is 1.24 bits per heavy atom. The van der Waals surface area contributed by atoms with E-state index in [1.54, 1.807) is 4.90 Å². The van der Waals surface area contributed by atoms with E-state index in [1.165, 1.54) is 0 Å². The van der Waals surface area contributed by atoms with Gasteiger partial charge in [0.15, 0.2) is 5.82 Å². The molecular formula is C17H21F3N4O. The average molecular weight is 354 g/mol. The first-order valence-electron chi connectivity index (χ1n) is 8.68. The second kappa shape index (κ2) is 5.59. The predicted molar refractivity (Wildman–Crippen MR) is 87.6 cm³/mol. The van der Waals surface area contributed by atoms with Crippen molar-refractivity contribution in [3.05, 3.63) is 17.8 Å². The fourth-order valence-electron chi connectivity index (χ4n) is 3.73. The van der Waals surface area contributed by atoms with Crippen LogP contribution in [0.3, 0.4) is 0 Å². The molecule has 2 aliphatic heterocycles. The van der Waals surface area contributed by atoms with Gasteiger partial charge in [-0.1, -0.05) is 0 Å². The third-order valence-corrected chi connectivity index (χ3v) is 5.28. The minimum atomic E-state index is -4.46. The lowest BCUT2D eigenvalue weighted by molar-refractivity contribution is -0.138. The number of aromatic nitrogens is 1. The molecule has 5 nitrogen and oxygen atoms in total. The third-order valence-electron chi connectivity index (χ3n) is 5.28. The number of hydrogen-bond acceptors (Lipinski definition) is 4. The van der Waals surface area contributed by atoms with E-state index in [4.69, 9.17) is 0 Å². The van der Waals surface area contributed by atoms with E-state index in [0.29, 0.717) is 30.6 Å². The SMILES string of the molecule is CC(C)N1CCN2c3ncc(C(F)(F)F)cc3N(C3CC3)C(=O)[C@@H]2C1. The highest BCUT2D eigenvalue weighted by Gasteiger charge is 2.48. The van der Waals surface area contributed by atoms with E-state index < -0.39 is 11.7 Å². The number of halogens is 3. The average Bonchev–Trinajstić information content (AvgIpc) is 3.38. The monoisotopic (exact) mass is 354 g/mol. The van der Waals surface area contributed by atoms with Crippen LogP contribution in [0.1, 0.15) is 32.3 Å². The molecule has 1 aliphatic carbocycles. The van der Waals surface area contributed by atoms with Crippen molar-refractivity contribution in [1.82, 2.24) is 9.88 Å². The van der Waals surface area contributed by atoms with Gasteiger partial charge < -0.3 is 9.80 Å². The highest BCUT2D eigenvalue weighted by Crippen LogP contribution is 2.44. The Kier molecular flexibility index (Phi) is 3.72. The van der Waals surface area contributed by atoms with Gasteiger partial charge >= 0.3 is 6.18 Å². The maximum absolute atomic E-state index is 13.1. The summed E-state index contributed by atoms with van der Waals surface area (Å²) in [4.78, 5) is 22.9. The number of anilines is 2. The van der Waals surface area contributed by atoms with Crippen molar-refractivity contribution in [2.45, 2.75) is 51.0 Å². The van der Waals surface area contributed by atoms with Crippen LogP contribution in [0.4, 0.5) is 24.7 Å². The molecule has 0 aromatic carbocycles. The van der Waals surface area contributed by atoms with E-state index in [0.717, 1.165) is 31.6 Å². The molecule has 0 spiro atoms. The molecule has 3 aliphatic rings. The lowest BCUT2D eigenvalue weighted by atomic mass is 10.0. The number of nitrogens with zero attached hydrogens (tertiary/aromatic N) is 4. The zero-order valence-electron chi connectivity index (χ0n) is 14.3. The number of pyridine rings is 1. The smallest absolute Gasteiger partial charge is 0.340 e. The fourth-order valence-corrected chi connectivity index (χ4v) is 3.73. The van der Waals surface area contributed by atoms with Crippen molar-refractivity contribution < 1.29 is 18.0 Å². The van der Waals surface area contributed by atoms with Crippen molar-refractivity contribution in [2.75, 3.05) is 29.4 Å². The van der Waals surface area contributed by atoms with Crippen molar-refractivity contribution in [2.24, 2.45) is 0 Å². The molecule has 0 unspecified atom stereocenters. The maximum Gasteiger partial charge on any atom is 0.417 e. The number of carbonyl (C=O) groups excluding carboxylic acids is 1. The summed E-state index contributed by atoms with van der Waals surface area (Å²) in [7, 11) is 0.